The normalized spacial score (nSPS) is 13.4. The van der Waals surface area contributed by atoms with Gasteiger partial charge in [-0.05, 0) is 56.2 Å². The van der Waals surface area contributed by atoms with Crippen molar-refractivity contribution in [1.82, 2.24) is 0 Å². The number of aryl methyl sites for hydroxylation is 2. The lowest BCUT2D eigenvalue weighted by molar-refractivity contribution is -0.114. The summed E-state index contributed by atoms with van der Waals surface area (Å²) in [5.74, 6) is -0.950. The van der Waals surface area contributed by atoms with E-state index in [0.717, 1.165) is 52.2 Å². The van der Waals surface area contributed by atoms with Crippen molar-refractivity contribution >= 4 is 43.9 Å². The zero-order valence-electron chi connectivity index (χ0n) is 18.1. The maximum atomic E-state index is 12.9. The topological polar surface area (TPSA) is 92.8 Å². The number of nitrogens with zero attached hydrogens (tertiary/aromatic N) is 1. The van der Waals surface area contributed by atoms with Crippen LogP contribution in [0.1, 0.15) is 53.1 Å². The summed E-state index contributed by atoms with van der Waals surface area (Å²) in [6, 6.07) is 7.13. The van der Waals surface area contributed by atoms with E-state index in [0.29, 0.717) is 22.7 Å². The molecule has 0 unspecified atom stereocenters. The smallest absolute Gasteiger partial charge is 0.341 e. The number of rotatable bonds is 8. The zero-order chi connectivity index (χ0) is 22.6. The van der Waals surface area contributed by atoms with E-state index >= 15 is 0 Å². The standard InChI is InChI=1S/C22H28N2O5S2/c1-4-15-10-6-8-12-17(15)24(31(3,27)28)14-19(25)23-21-20(22(26)29-5-2)16-11-7-9-13-18(16)30-21/h6,8,10,12H,4-5,7,9,11,13-14H2,1-3H3,(H,23,25). The highest BCUT2D eigenvalue weighted by molar-refractivity contribution is 7.92. The van der Waals surface area contributed by atoms with Crippen LogP contribution >= 0.6 is 11.3 Å². The van der Waals surface area contributed by atoms with Gasteiger partial charge in [0.15, 0.2) is 0 Å². The fourth-order valence-electron chi connectivity index (χ4n) is 3.80. The molecule has 1 amide bonds. The van der Waals surface area contributed by atoms with Gasteiger partial charge in [-0.1, -0.05) is 25.1 Å². The molecule has 7 nitrogen and oxygen atoms in total. The molecule has 0 aliphatic heterocycles. The Hall–Kier alpha value is -2.39. The van der Waals surface area contributed by atoms with Crippen LogP contribution in [0.2, 0.25) is 0 Å². The van der Waals surface area contributed by atoms with E-state index in [1.807, 2.05) is 19.1 Å². The molecule has 0 atom stereocenters. The lowest BCUT2D eigenvalue weighted by atomic mass is 9.95. The van der Waals surface area contributed by atoms with Gasteiger partial charge in [0.25, 0.3) is 0 Å². The first-order chi connectivity index (χ1) is 14.8. The summed E-state index contributed by atoms with van der Waals surface area (Å²) in [5, 5.41) is 3.23. The first kappa shape index (κ1) is 23.3. The average molecular weight is 465 g/mol. The van der Waals surface area contributed by atoms with Crippen molar-refractivity contribution in [3.63, 3.8) is 0 Å². The Labute approximate surface area is 187 Å². The Morgan fingerprint density at radius 2 is 1.87 bits per heavy atom. The number of amides is 1. The number of sulfonamides is 1. The molecule has 0 saturated heterocycles. The number of para-hydroxylation sites is 1. The third-order valence-electron chi connectivity index (χ3n) is 5.23. The molecule has 9 heteroatoms. The molecule has 1 aliphatic rings. The summed E-state index contributed by atoms with van der Waals surface area (Å²) in [7, 11) is -3.69. The number of carbonyl (C=O) groups is 2. The lowest BCUT2D eigenvalue weighted by Gasteiger charge is -2.24. The van der Waals surface area contributed by atoms with Crippen molar-refractivity contribution in [2.75, 3.05) is 29.0 Å². The molecular formula is C22H28N2O5S2. The molecule has 0 radical (unpaired) electrons. The second-order valence-corrected chi connectivity index (χ2v) is 10.4. The van der Waals surface area contributed by atoms with Crippen LogP contribution in [0, 0.1) is 0 Å². The SMILES string of the molecule is CCOC(=O)c1c(NC(=O)CN(c2ccccc2CC)S(C)(=O)=O)sc2c1CCCC2. The molecular weight excluding hydrogens is 436 g/mol. The monoisotopic (exact) mass is 464 g/mol. The van der Waals surface area contributed by atoms with Crippen LogP contribution < -0.4 is 9.62 Å². The van der Waals surface area contributed by atoms with E-state index in [-0.39, 0.29) is 13.2 Å². The van der Waals surface area contributed by atoms with Crippen LogP contribution in [0.25, 0.3) is 0 Å². The Kier molecular flexibility index (Phi) is 7.38. The molecule has 1 aromatic heterocycles. The Morgan fingerprint density at radius 1 is 1.16 bits per heavy atom. The number of anilines is 2. The van der Waals surface area contributed by atoms with Gasteiger partial charge >= 0.3 is 5.97 Å². The minimum atomic E-state index is -3.69. The maximum absolute atomic E-state index is 12.9. The zero-order valence-corrected chi connectivity index (χ0v) is 19.7. The minimum absolute atomic E-state index is 0.243. The van der Waals surface area contributed by atoms with E-state index in [1.54, 1.807) is 19.1 Å². The largest absolute Gasteiger partial charge is 0.462 e. The summed E-state index contributed by atoms with van der Waals surface area (Å²) in [6.45, 7) is 3.54. The maximum Gasteiger partial charge on any atom is 0.341 e. The van der Waals surface area contributed by atoms with E-state index in [9.17, 15) is 18.0 Å². The summed E-state index contributed by atoms with van der Waals surface area (Å²) in [5.41, 5.74) is 2.68. The highest BCUT2D eigenvalue weighted by Crippen LogP contribution is 2.38. The van der Waals surface area contributed by atoms with Crippen molar-refractivity contribution in [2.24, 2.45) is 0 Å². The summed E-state index contributed by atoms with van der Waals surface area (Å²) < 4.78 is 31.3. The molecule has 1 heterocycles. The van der Waals surface area contributed by atoms with E-state index in [2.05, 4.69) is 5.32 Å². The fraction of sp³-hybridized carbons (Fsp3) is 0.455. The highest BCUT2D eigenvalue weighted by Gasteiger charge is 2.29. The van der Waals surface area contributed by atoms with Crippen molar-refractivity contribution in [1.29, 1.82) is 0 Å². The van der Waals surface area contributed by atoms with E-state index in [4.69, 9.17) is 4.74 Å². The third kappa shape index (κ3) is 5.27. The van der Waals surface area contributed by atoms with Crippen molar-refractivity contribution < 1.29 is 22.7 Å². The van der Waals surface area contributed by atoms with E-state index < -0.39 is 21.9 Å². The molecule has 3 rings (SSSR count). The van der Waals surface area contributed by atoms with Crippen molar-refractivity contribution in [2.45, 2.75) is 46.0 Å². The third-order valence-corrected chi connectivity index (χ3v) is 7.57. The average Bonchev–Trinajstić information content (AvgIpc) is 3.09. The number of fused-ring (bicyclic) bond motifs is 1. The van der Waals surface area contributed by atoms with Crippen LogP contribution in [0.15, 0.2) is 24.3 Å². The van der Waals surface area contributed by atoms with Crippen molar-refractivity contribution in [3.8, 4) is 0 Å². The summed E-state index contributed by atoms with van der Waals surface area (Å²) in [6.07, 6.45) is 5.38. The number of esters is 1. The molecule has 0 fully saturated rings. The molecule has 1 aromatic carbocycles. The van der Waals surface area contributed by atoms with Gasteiger partial charge in [0.05, 0.1) is 24.1 Å². The number of thiophene rings is 1. The van der Waals surface area contributed by atoms with Gasteiger partial charge in [0.1, 0.15) is 11.5 Å². The predicted octanol–water partition coefficient (Wildman–Crippen LogP) is 3.77. The Balaban J connectivity index is 1.90. The second kappa shape index (κ2) is 9.82. The molecule has 2 aromatic rings. The van der Waals surface area contributed by atoms with Crippen LogP contribution in [-0.2, 0) is 38.8 Å². The number of nitrogens with one attached hydrogen (secondary N) is 1. The van der Waals surface area contributed by atoms with Crippen LogP contribution in [0.5, 0.6) is 0 Å². The van der Waals surface area contributed by atoms with Crippen LogP contribution in [0.4, 0.5) is 10.7 Å². The molecule has 0 spiro atoms. The predicted molar refractivity (Wildman–Crippen MR) is 124 cm³/mol. The quantitative estimate of drug-likeness (QED) is 0.601. The molecule has 0 bridgehead atoms. The summed E-state index contributed by atoms with van der Waals surface area (Å²) >= 11 is 1.38. The van der Waals surface area contributed by atoms with Gasteiger partial charge in [-0.25, -0.2) is 13.2 Å². The van der Waals surface area contributed by atoms with Gasteiger partial charge in [0, 0.05) is 4.88 Å². The second-order valence-electron chi connectivity index (χ2n) is 7.44. The molecule has 168 valence electrons. The highest BCUT2D eigenvalue weighted by atomic mass is 32.2. The van der Waals surface area contributed by atoms with Crippen LogP contribution in [-0.4, -0.2) is 39.7 Å². The number of ether oxygens (including phenoxy) is 1. The molecule has 1 N–H and O–H groups in total. The van der Waals surface area contributed by atoms with E-state index in [1.165, 1.54) is 11.3 Å². The van der Waals surface area contributed by atoms with Gasteiger partial charge in [0.2, 0.25) is 15.9 Å². The van der Waals surface area contributed by atoms with Gasteiger partial charge in [-0.3, -0.25) is 9.10 Å². The van der Waals surface area contributed by atoms with Crippen molar-refractivity contribution in [3.05, 3.63) is 45.8 Å². The fourth-order valence-corrected chi connectivity index (χ4v) is 5.98. The number of hydrogen-bond acceptors (Lipinski definition) is 6. The minimum Gasteiger partial charge on any atom is -0.462 e. The van der Waals surface area contributed by atoms with Crippen LogP contribution in [0.3, 0.4) is 0 Å². The Morgan fingerprint density at radius 3 is 2.55 bits per heavy atom. The van der Waals surface area contributed by atoms with Gasteiger partial charge < -0.3 is 10.1 Å². The first-order valence-corrected chi connectivity index (χ1v) is 13.1. The van der Waals surface area contributed by atoms with Gasteiger partial charge in [-0.15, -0.1) is 11.3 Å². The van der Waals surface area contributed by atoms with Gasteiger partial charge in [-0.2, -0.15) is 0 Å². The first-order valence-electron chi connectivity index (χ1n) is 10.4. The molecule has 0 saturated carbocycles. The number of benzene rings is 1. The number of hydrogen-bond donors (Lipinski definition) is 1. The molecule has 31 heavy (non-hydrogen) atoms. The summed E-state index contributed by atoms with van der Waals surface area (Å²) in [4.78, 5) is 26.6. The molecule has 1 aliphatic carbocycles. The number of carbonyl (C=O) groups excluding carboxylic acids is 2. The Bertz CT molecular complexity index is 1080. The lowest BCUT2D eigenvalue weighted by Crippen LogP contribution is -2.38.